The van der Waals surface area contributed by atoms with Crippen LogP contribution in [0.25, 0.3) is 0 Å². The molecular formula is C73H132O17P2. The SMILES string of the molecule is CC/C=C\C/C=C\C/C=C\CCCCCCCC(=O)OCC(COP(=O)(O)OCC(O)COP(=O)(O)OCC(COC(=O)CCCCCCC/C=C\CCCCCC)OC(=O)CCCCCCCCCCCCCCC)OC(=O)CCCCCCC/C=C\CCCC. The number of phosphoric acid groups is 2. The molecule has 536 valence electrons. The maximum atomic E-state index is 13.0. The molecule has 5 unspecified atom stereocenters. The Labute approximate surface area is 559 Å². The number of allylic oxidation sites excluding steroid dienone is 10. The molecule has 0 radical (unpaired) electrons. The van der Waals surface area contributed by atoms with Crippen LogP contribution in [0.3, 0.4) is 0 Å². The highest BCUT2D eigenvalue weighted by Gasteiger charge is 2.30. The fraction of sp³-hybridized carbons (Fsp3) is 0.808. The molecule has 0 heterocycles. The van der Waals surface area contributed by atoms with Gasteiger partial charge in [0.2, 0.25) is 0 Å². The van der Waals surface area contributed by atoms with E-state index in [2.05, 4.69) is 88.5 Å². The number of hydrogen-bond donors (Lipinski definition) is 3. The van der Waals surface area contributed by atoms with Crippen molar-refractivity contribution in [3.8, 4) is 0 Å². The van der Waals surface area contributed by atoms with E-state index in [1.807, 2.05) is 0 Å². The molecule has 0 fully saturated rings. The summed E-state index contributed by atoms with van der Waals surface area (Å²) in [4.78, 5) is 72.6. The zero-order chi connectivity index (χ0) is 67.5. The predicted molar refractivity (Wildman–Crippen MR) is 372 cm³/mol. The van der Waals surface area contributed by atoms with Gasteiger partial charge in [-0.3, -0.25) is 37.3 Å². The molecule has 0 saturated heterocycles. The predicted octanol–water partition coefficient (Wildman–Crippen LogP) is 20.3. The van der Waals surface area contributed by atoms with E-state index in [0.29, 0.717) is 25.7 Å². The van der Waals surface area contributed by atoms with Crippen LogP contribution < -0.4 is 0 Å². The molecule has 0 aromatic carbocycles. The van der Waals surface area contributed by atoms with Gasteiger partial charge in [-0.05, 0) is 103 Å². The van der Waals surface area contributed by atoms with E-state index in [1.54, 1.807) is 0 Å². The van der Waals surface area contributed by atoms with E-state index < -0.39 is 97.5 Å². The third-order valence-electron chi connectivity index (χ3n) is 15.5. The van der Waals surface area contributed by atoms with Crippen LogP contribution in [0.2, 0.25) is 0 Å². The van der Waals surface area contributed by atoms with Crippen LogP contribution in [-0.4, -0.2) is 96.7 Å². The van der Waals surface area contributed by atoms with Crippen LogP contribution in [0, 0.1) is 0 Å². The summed E-state index contributed by atoms with van der Waals surface area (Å²) in [5, 5.41) is 10.6. The molecule has 0 rings (SSSR count). The van der Waals surface area contributed by atoms with E-state index >= 15 is 0 Å². The van der Waals surface area contributed by atoms with Crippen molar-refractivity contribution in [3.63, 3.8) is 0 Å². The summed E-state index contributed by atoms with van der Waals surface area (Å²) in [6, 6.07) is 0. The molecule has 92 heavy (non-hydrogen) atoms. The van der Waals surface area contributed by atoms with Crippen molar-refractivity contribution >= 4 is 39.5 Å². The average molecular weight is 1340 g/mol. The fourth-order valence-electron chi connectivity index (χ4n) is 9.86. The quantitative estimate of drug-likeness (QED) is 0.0169. The van der Waals surface area contributed by atoms with Crippen molar-refractivity contribution in [1.82, 2.24) is 0 Å². The summed E-state index contributed by atoms with van der Waals surface area (Å²) in [5.74, 6) is -2.19. The minimum atomic E-state index is -4.97. The van der Waals surface area contributed by atoms with Gasteiger partial charge < -0.3 is 33.8 Å². The minimum Gasteiger partial charge on any atom is -0.462 e. The molecule has 0 aliphatic heterocycles. The molecule has 0 bridgehead atoms. The summed E-state index contributed by atoms with van der Waals surface area (Å²) in [6.45, 7) is 4.70. The van der Waals surface area contributed by atoms with Crippen molar-refractivity contribution in [2.75, 3.05) is 39.6 Å². The number of carbonyl (C=O) groups excluding carboxylic acids is 4. The summed E-state index contributed by atoms with van der Waals surface area (Å²) in [7, 11) is -9.93. The lowest BCUT2D eigenvalue weighted by atomic mass is 10.0. The standard InChI is InChI=1S/C73H132O17P2/c1-5-9-13-17-21-25-29-32-33-36-39-42-46-50-54-58-71(76)84-63-68(89-72(77)59-55-51-47-43-37-28-24-20-16-12-8-4)65-87-91(79,80)85-61-67(74)62-86-92(81,82)88-66-69(90-73(78)60-56-52-48-44-40-35-31-27-23-19-15-11-7-3)64-83-70(75)57-53-49-45-41-38-34-30-26-22-18-14-10-6-2/h9,13,20-21,24-26,30,32-33,67-69,74H,5-8,10-12,14-19,22-23,27-29,31,34-66H2,1-4H3,(H,79,80)(H,81,82)/b13-9-,24-20-,25-21-,30-26-,33-32-. The third kappa shape index (κ3) is 65.4. The number of aliphatic hydroxyl groups excluding tert-OH is 1. The van der Waals surface area contributed by atoms with Gasteiger partial charge in [-0.2, -0.15) is 0 Å². The molecular weight excluding hydrogens is 1210 g/mol. The van der Waals surface area contributed by atoms with Gasteiger partial charge >= 0.3 is 39.5 Å². The highest BCUT2D eigenvalue weighted by molar-refractivity contribution is 7.47. The molecule has 3 N–H and O–H groups in total. The molecule has 0 amide bonds. The normalized spacial score (nSPS) is 14.4. The van der Waals surface area contributed by atoms with Gasteiger partial charge in [-0.1, -0.05) is 255 Å². The molecule has 0 aliphatic rings. The third-order valence-corrected chi connectivity index (χ3v) is 17.4. The largest absolute Gasteiger partial charge is 0.472 e. The number of carbonyl (C=O) groups is 4. The lowest BCUT2D eigenvalue weighted by Gasteiger charge is -2.21. The minimum absolute atomic E-state index is 0.0834. The Balaban J connectivity index is 5.31. The Morgan fingerprint density at radius 1 is 0.315 bits per heavy atom. The highest BCUT2D eigenvalue weighted by atomic mass is 31.2. The lowest BCUT2D eigenvalue weighted by Crippen LogP contribution is -2.30. The van der Waals surface area contributed by atoms with Gasteiger partial charge in [0, 0.05) is 25.7 Å². The van der Waals surface area contributed by atoms with Crippen LogP contribution in [0.4, 0.5) is 0 Å². The van der Waals surface area contributed by atoms with E-state index in [9.17, 15) is 43.2 Å². The van der Waals surface area contributed by atoms with E-state index in [4.69, 9.17) is 37.0 Å². The molecule has 19 heteroatoms. The van der Waals surface area contributed by atoms with Gasteiger partial charge in [-0.25, -0.2) is 9.13 Å². The van der Waals surface area contributed by atoms with Gasteiger partial charge in [0.05, 0.1) is 26.4 Å². The zero-order valence-electron chi connectivity index (χ0n) is 58.2. The first-order valence-corrected chi connectivity index (χ1v) is 39.5. The summed E-state index contributed by atoms with van der Waals surface area (Å²) < 4.78 is 68.3. The number of phosphoric ester groups is 2. The smallest absolute Gasteiger partial charge is 0.462 e. The molecule has 0 aromatic rings. The average Bonchev–Trinajstić information content (AvgIpc) is 2.24. The van der Waals surface area contributed by atoms with Crippen molar-refractivity contribution in [1.29, 1.82) is 0 Å². The van der Waals surface area contributed by atoms with Crippen LogP contribution in [0.1, 0.15) is 323 Å². The maximum Gasteiger partial charge on any atom is 0.472 e. The number of hydrogen-bond acceptors (Lipinski definition) is 15. The number of aliphatic hydroxyl groups is 1. The number of ether oxygens (including phenoxy) is 4. The second-order valence-corrected chi connectivity index (χ2v) is 27.4. The van der Waals surface area contributed by atoms with Gasteiger partial charge in [0.25, 0.3) is 0 Å². The van der Waals surface area contributed by atoms with Crippen LogP contribution in [0.5, 0.6) is 0 Å². The maximum absolute atomic E-state index is 13.0. The summed E-state index contributed by atoms with van der Waals surface area (Å²) in [5.41, 5.74) is 0. The number of esters is 4. The first kappa shape index (κ1) is 88.8. The van der Waals surface area contributed by atoms with Crippen molar-refractivity contribution in [2.24, 2.45) is 0 Å². The molecule has 17 nitrogen and oxygen atoms in total. The van der Waals surface area contributed by atoms with Crippen molar-refractivity contribution in [2.45, 2.75) is 341 Å². The molecule has 5 atom stereocenters. The van der Waals surface area contributed by atoms with E-state index in [0.717, 1.165) is 154 Å². The van der Waals surface area contributed by atoms with Crippen LogP contribution in [-0.2, 0) is 65.4 Å². The van der Waals surface area contributed by atoms with Crippen LogP contribution >= 0.6 is 15.6 Å². The summed E-state index contributed by atoms with van der Waals surface area (Å²) >= 11 is 0. The van der Waals surface area contributed by atoms with E-state index in [1.165, 1.54) is 89.9 Å². The highest BCUT2D eigenvalue weighted by Crippen LogP contribution is 2.45. The first-order valence-electron chi connectivity index (χ1n) is 36.5. The lowest BCUT2D eigenvalue weighted by molar-refractivity contribution is -0.161. The fourth-order valence-corrected chi connectivity index (χ4v) is 11.4. The molecule has 0 spiro atoms. The summed E-state index contributed by atoms with van der Waals surface area (Å²) in [6.07, 6.45) is 62.2. The molecule has 0 aliphatic carbocycles. The Bertz CT molecular complexity index is 1990. The molecule has 0 aromatic heterocycles. The van der Waals surface area contributed by atoms with E-state index in [-0.39, 0.29) is 25.7 Å². The van der Waals surface area contributed by atoms with Gasteiger partial charge in [0.1, 0.15) is 19.3 Å². The number of unbranched alkanes of at least 4 members (excludes halogenated alkanes) is 33. The first-order chi connectivity index (χ1) is 44.7. The second kappa shape index (κ2) is 66.4. The Morgan fingerprint density at radius 3 is 0.924 bits per heavy atom. The molecule has 0 saturated carbocycles. The Kier molecular flexibility index (Phi) is 64.0. The Morgan fingerprint density at radius 2 is 0.576 bits per heavy atom. The van der Waals surface area contributed by atoms with Crippen LogP contribution in [0.15, 0.2) is 60.8 Å². The number of rotatable bonds is 69. The monoisotopic (exact) mass is 1340 g/mol. The van der Waals surface area contributed by atoms with Gasteiger partial charge in [-0.15, -0.1) is 0 Å². The second-order valence-electron chi connectivity index (χ2n) is 24.5. The van der Waals surface area contributed by atoms with Crippen molar-refractivity contribution < 1.29 is 80.2 Å². The van der Waals surface area contributed by atoms with Gasteiger partial charge in [0.15, 0.2) is 12.2 Å². The van der Waals surface area contributed by atoms with Crippen molar-refractivity contribution in [3.05, 3.63) is 60.8 Å². The Hall–Kier alpha value is -3.24. The topological polar surface area (TPSA) is 237 Å². The zero-order valence-corrected chi connectivity index (χ0v) is 60.0.